The Kier molecular flexibility index (Phi) is 6.12. The highest BCUT2D eigenvalue weighted by Crippen LogP contribution is 2.21. The highest BCUT2D eigenvalue weighted by Gasteiger charge is 2.28. The maximum atomic E-state index is 12.5. The Balaban J connectivity index is 1.53. The average Bonchev–Trinajstić information content (AvgIpc) is 2.68. The number of carbonyl (C=O) groups excluding carboxylic acids is 2. The molecule has 0 bridgehead atoms. The lowest BCUT2D eigenvalue weighted by atomic mass is 9.97. The molecule has 3 rings (SSSR count). The van der Waals surface area contributed by atoms with Crippen molar-refractivity contribution in [2.45, 2.75) is 26.7 Å². The van der Waals surface area contributed by atoms with Gasteiger partial charge >= 0.3 is 0 Å². The van der Waals surface area contributed by atoms with Crippen LogP contribution in [0.15, 0.2) is 48.5 Å². The maximum Gasteiger partial charge on any atom is 0.260 e. The van der Waals surface area contributed by atoms with Crippen LogP contribution in [0.5, 0.6) is 5.75 Å². The first kappa shape index (κ1) is 19.0. The lowest BCUT2D eigenvalue weighted by molar-refractivity contribution is -0.136. The standard InChI is InChI=1S/C22H26N2O3/c1-16-10-11-20(17(2)13-16)27-15-21(25)24-12-6-7-18(14-24)22(26)23-19-8-4-3-5-9-19/h3-5,8-11,13,18H,6-7,12,14-15H2,1-2H3,(H,23,26). The molecule has 0 spiro atoms. The van der Waals surface area contributed by atoms with Gasteiger partial charge in [-0.3, -0.25) is 9.59 Å². The monoisotopic (exact) mass is 366 g/mol. The zero-order valence-corrected chi connectivity index (χ0v) is 15.9. The Labute approximate surface area is 160 Å². The molecule has 1 unspecified atom stereocenters. The summed E-state index contributed by atoms with van der Waals surface area (Å²) in [6.07, 6.45) is 1.61. The summed E-state index contributed by atoms with van der Waals surface area (Å²) in [6.45, 7) is 5.10. The highest BCUT2D eigenvalue weighted by molar-refractivity contribution is 5.93. The van der Waals surface area contributed by atoms with Crippen LogP contribution in [-0.4, -0.2) is 36.4 Å². The number of anilines is 1. The van der Waals surface area contributed by atoms with E-state index in [-0.39, 0.29) is 24.3 Å². The van der Waals surface area contributed by atoms with Gasteiger partial charge in [0.05, 0.1) is 5.92 Å². The van der Waals surface area contributed by atoms with Crippen LogP contribution < -0.4 is 10.1 Å². The van der Waals surface area contributed by atoms with E-state index in [0.29, 0.717) is 13.1 Å². The molecule has 1 heterocycles. The lowest BCUT2D eigenvalue weighted by Gasteiger charge is -2.32. The first-order valence-corrected chi connectivity index (χ1v) is 9.36. The SMILES string of the molecule is Cc1ccc(OCC(=O)N2CCCC(C(=O)Nc3ccccc3)C2)c(C)c1. The third-order valence-corrected chi connectivity index (χ3v) is 4.87. The van der Waals surface area contributed by atoms with E-state index in [0.717, 1.165) is 35.4 Å². The first-order chi connectivity index (χ1) is 13.0. The molecule has 0 radical (unpaired) electrons. The van der Waals surface area contributed by atoms with Crippen LogP contribution in [0.2, 0.25) is 0 Å². The second kappa shape index (κ2) is 8.71. The number of para-hydroxylation sites is 1. The van der Waals surface area contributed by atoms with E-state index < -0.39 is 0 Å². The van der Waals surface area contributed by atoms with E-state index in [4.69, 9.17) is 4.74 Å². The van der Waals surface area contributed by atoms with Crippen molar-refractivity contribution >= 4 is 17.5 Å². The third kappa shape index (κ3) is 5.09. The minimum absolute atomic E-state index is 0.00305. The van der Waals surface area contributed by atoms with Crippen molar-refractivity contribution in [3.8, 4) is 5.75 Å². The fourth-order valence-corrected chi connectivity index (χ4v) is 3.38. The molecule has 1 saturated heterocycles. The van der Waals surface area contributed by atoms with Gasteiger partial charge in [-0.1, -0.05) is 35.9 Å². The van der Waals surface area contributed by atoms with Crippen molar-refractivity contribution in [3.05, 3.63) is 59.7 Å². The first-order valence-electron chi connectivity index (χ1n) is 9.36. The number of hydrogen-bond acceptors (Lipinski definition) is 3. The number of likely N-dealkylation sites (tertiary alicyclic amines) is 1. The van der Waals surface area contributed by atoms with Crippen molar-refractivity contribution in [3.63, 3.8) is 0 Å². The van der Waals surface area contributed by atoms with Gasteiger partial charge in [-0.15, -0.1) is 0 Å². The Morgan fingerprint density at radius 2 is 1.93 bits per heavy atom. The fraction of sp³-hybridized carbons (Fsp3) is 0.364. The van der Waals surface area contributed by atoms with E-state index in [1.54, 1.807) is 4.90 Å². The van der Waals surface area contributed by atoms with Crippen LogP contribution in [0.3, 0.4) is 0 Å². The van der Waals surface area contributed by atoms with Crippen LogP contribution in [0.4, 0.5) is 5.69 Å². The summed E-state index contributed by atoms with van der Waals surface area (Å²) in [4.78, 5) is 26.8. The molecule has 0 aliphatic carbocycles. The number of carbonyl (C=O) groups is 2. The predicted molar refractivity (Wildman–Crippen MR) is 106 cm³/mol. The summed E-state index contributed by atoms with van der Waals surface area (Å²) in [5.74, 6) is 0.425. The van der Waals surface area contributed by atoms with Crippen molar-refractivity contribution in [2.75, 3.05) is 25.0 Å². The van der Waals surface area contributed by atoms with Crippen molar-refractivity contribution in [1.82, 2.24) is 4.90 Å². The molecule has 2 aromatic rings. The average molecular weight is 366 g/mol. The Morgan fingerprint density at radius 3 is 2.67 bits per heavy atom. The maximum absolute atomic E-state index is 12.5. The molecule has 2 aromatic carbocycles. The molecule has 27 heavy (non-hydrogen) atoms. The lowest BCUT2D eigenvalue weighted by Crippen LogP contribution is -2.45. The number of aryl methyl sites for hydroxylation is 2. The molecule has 1 N–H and O–H groups in total. The van der Waals surface area contributed by atoms with Gasteiger partial charge in [0.25, 0.3) is 5.91 Å². The van der Waals surface area contributed by atoms with Gasteiger partial charge in [0.15, 0.2) is 6.61 Å². The molecule has 5 heteroatoms. The summed E-state index contributed by atoms with van der Waals surface area (Å²) in [6, 6.07) is 15.3. The van der Waals surface area contributed by atoms with Gasteiger partial charge in [-0.2, -0.15) is 0 Å². The minimum atomic E-state index is -0.191. The molecule has 0 aromatic heterocycles. The topological polar surface area (TPSA) is 58.6 Å². The summed E-state index contributed by atoms with van der Waals surface area (Å²) in [7, 11) is 0. The Morgan fingerprint density at radius 1 is 1.15 bits per heavy atom. The second-order valence-electron chi connectivity index (χ2n) is 7.09. The van der Waals surface area contributed by atoms with Gasteiger partial charge in [-0.05, 0) is 50.5 Å². The van der Waals surface area contributed by atoms with Crippen LogP contribution in [-0.2, 0) is 9.59 Å². The van der Waals surface area contributed by atoms with Gasteiger partial charge < -0.3 is 15.0 Å². The van der Waals surface area contributed by atoms with E-state index >= 15 is 0 Å². The van der Waals surface area contributed by atoms with Gasteiger partial charge in [0.1, 0.15) is 5.75 Å². The van der Waals surface area contributed by atoms with Gasteiger partial charge in [0, 0.05) is 18.8 Å². The van der Waals surface area contributed by atoms with Crippen LogP contribution >= 0.6 is 0 Å². The second-order valence-corrected chi connectivity index (χ2v) is 7.09. The molecule has 142 valence electrons. The van der Waals surface area contributed by atoms with E-state index in [9.17, 15) is 9.59 Å². The predicted octanol–water partition coefficient (Wildman–Crippen LogP) is 3.56. The number of amides is 2. The minimum Gasteiger partial charge on any atom is -0.484 e. The fourth-order valence-electron chi connectivity index (χ4n) is 3.38. The molecule has 0 saturated carbocycles. The summed E-state index contributed by atoms with van der Waals surface area (Å²) in [5, 5.41) is 2.93. The number of nitrogens with one attached hydrogen (secondary N) is 1. The Bertz CT molecular complexity index is 804. The smallest absolute Gasteiger partial charge is 0.260 e. The molecule has 1 aliphatic rings. The molecule has 1 atom stereocenters. The third-order valence-electron chi connectivity index (χ3n) is 4.87. The summed E-state index contributed by atoms with van der Waals surface area (Å²) < 4.78 is 5.71. The molecular weight excluding hydrogens is 340 g/mol. The van der Waals surface area contributed by atoms with Crippen LogP contribution in [0, 0.1) is 19.8 Å². The molecular formula is C22H26N2O3. The molecule has 1 fully saturated rings. The number of hydrogen-bond donors (Lipinski definition) is 1. The van der Waals surface area contributed by atoms with E-state index in [2.05, 4.69) is 5.32 Å². The normalized spacial score (nSPS) is 16.7. The van der Waals surface area contributed by atoms with Crippen molar-refractivity contribution in [1.29, 1.82) is 0 Å². The summed E-state index contributed by atoms with van der Waals surface area (Å²) >= 11 is 0. The van der Waals surface area contributed by atoms with Crippen LogP contribution in [0.1, 0.15) is 24.0 Å². The number of rotatable bonds is 5. The number of nitrogens with zero attached hydrogens (tertiary/aromatic N) is 1. The van der Waals surface area contributed by atoms with E-state index in [1.165, 1.54) is 0 Å². The zero-order chi connectivity index (χ0) is 19.2. The molecule has 2 amide bonds. The van der Waals surface area contributed by atoms with Crippen LogP contribution in [0.25, 0.3) is 0 Å². The number of ether oxygens (including phenoxy) is 1. The van der Waals surface area contributed by atoms with Crippen molar-refractivity contribution in [2.24, 2.45) is 5.92 Å². The highest BCUT2D eigenvalue weighted by atomic mass is 16.5. The number of benzene rings is 2. The summed E-state index contributed by atoms with van der Waals surface area (Å²) in [5.41, 5.74) is 2.96. The number of piperidine rings is 1. The largest absolute Gasteiger partial charge is 0.484 e. The quantitative estimate of drug-likeness (QED) is 0.880. The van der Waals surface area contributed by atoms with Crippen molar-refractivity contribution < 1.29 is 14.3 Å². The van der Waals surface area contributed by atoms with Gasteiger partial charge in [-0.25, -0.2) is 0 Å². The Hall–Kier alpha value is -2.82. The van der Waals surface area contributed by atoms with E-state index in [1.807, 2.05) is 62.4 Å². The molecule has 5 nitrogen and oxygen atoms in total. The zero-order valence-electron chi connectivity index (χ0n) is 15.9. The molecule has 1 aliphatic heterocycles. The van der Waals surface area contributed by atoms with Gasteiger partial charge in [0.2, 0.25) is 5.91 Å².